The van der Waals surface area contributed by atoms with E-state index in [1.165, 1.54) is 12.1 Å². The number of hydrogen-bond acceptors (Lipinski definition) is 6. The zero-order valence-electron chi connectivity index (χ0n) is 13.5. The van der Waals surface area contributed by atoms with Gasteiger partial charge in [-0.05, 0) is 24.1 Å². The quantitative estimate of drug-likeness (QED) is 0.678. The summed E-state index contributed by atoms with van der Waals surface area (Å²) < 4.78 is 46.2. The van der Waals surface area contributed by atoms with Crippen LogP contribution in [0.4, 0.5) is 10.1 Å². The Kier molecular flexibility index (Phi) is 4.67. The van der Waals surface area contributed by atoms with Gasteiger partial charge in [0.05, 0.1) is 0 Å². The summed E-state index contributed by atoms with van der Waals surface area (Å²) in [5, 5.41) is 13.2. The molecule has 0 unspecified atom stereocenters. The van der Waals surface area contributed by atoms with E-state index in [-0.39, 0.29) is 11.6 Å². The van der Waals surface area contributed by atoms with Crippen molar-refractivity contribution in [2.24, 2.45) is 0 Å². The molecule has 1 saturated heterocycles. The fraction of sp³-hybridized carbons (Fsp3) is 0.400. The Bertz CT molecular complexity index is 840. The van der Waals surface area contributed by atoms with Crippen molar-refractivity contribution in [2.75, 3.05) is 31.1 Å². The lowest BCUT2D eigenvalue weighted by Gasteiger charge is -2.18. The van der Waals surface area contributed by atoms with Crippen LogP contribution in [-0.2, 0) is 19.7 Å². The lowest BCUT2D eigenvalue weighted by molar-refractivity contribution is -0.117. The molecule has 8 nitrogen and oxygen atoms in total. The molecule has 0 aliphatic carbocycles. The van der Waals surface area contributed by atoms with Crippen molar-refractivity contribution in [1.29, 1.82) is 0 Å². The van der Waals surface area contributed by atoms with Crippen LogP contribution < -0.4 is 14.3 Å². The van der Waals surface area contributed by atoms with Crippen LogP contribution >= 0.6 is 0 Å². The van der Waals surface area contributed by atoms with Gasteiger partial charge in [0, 0.05) is 31.9 Å². The van der Waals surface area contributed by atoms with Crippen LogP contribution in [0.3, 0.4) is 0 Å². The summed E-state index contributed by atoms with van der Waals surface area (Å²) in [5.74, 6) is -2.23. The van der Waals surface area contributed by atoms with Gasteiger partial charge in [-0.3, -0.25) is 4.79 Å². The lowest BCUT2D eigenvalue weighted by Crippen LogP contribution is -2.30. The third-order valence-electron chi connectivity index (χ3n) is 4.10. The summed E-state index contributed by atoms with van der Waals surface area (Å²) >= 11 is 0. The molecule has 1 aromatic rings. The minimum absolute atomic E-state index is 0.0189. The molecular formula is C15H18FN3O5S. The Morgan fingerprint density at radius 1 is 1.44 bits per heavy atom. The largest absolute Gasteiger partial charge is 0.506 e. The van der Waals surface area contributed by atoms with Crippen molar-refractivity contribution >= 4 is 27.4 Å². The molecule has 0 spiro atoms. The highest BCUT2D eigenvalue weighted by molar-refractivity contribution is 7.92. The van der Waals surface area contributed by atoms with Crippen LogP contribution in [0.5, 0.6) is 5.75 Å². The standard InChI is InChI=1S/C15H18FN3O5S/c1-24-5-4-10-6-9(7-17-10)11-2-3-12(20)15(14(11)16)19-8-13(21)18-25(19,22)23/h2-3,6,10,17,20H,4-5,7-8H2,1H3,(H,18,21)/t10-/m1/s1. The normalized spacial score (nSPS) is 22.2. The van der Waals surface area contributed by atoms with Gasteiger partial charge in [0.1, 0.15) is 18.0 Å². The van der Waals surface area contributed by atoms with Gasteiger partial charge in [0.25, 0.3) is 5.91 Å². The Balaban J connectivity index is 1.98. The summed E-state index contributed by atoms with van der Waals surface area (Å²) in [5.41, 5.74) is 0.294. The Hall–Kier alpha value is -2.17. The van der Waals surface area contributed by atoms with Gasteiger partial charge in [-0.15, -0.1) is 0 Å². The first-order valence-corrected chi connectivity index (χ1v) is 9.05. The highest BCUT2D eigenvalue weighted by Crippen LogP contribution is 2.37. The monoisotopic (exact) mass is 371 g/mol. The van der Waals surface area contributed by atoms with Gasteiger partial charge in [-0.25, -0.2) is 13.4 Å². The first-order valence-electron chi connectivity index (χ1n) is 7.61. The number of phenolic OH excluding ortho intramolecular Hbond substituents is 1. The number of nitrogens with one attached hydrogen (secondary N) is 2. The van der Waals surface area contributed by atoms with Crippen molar-refractivity contribution in [3.05, 3.63) is 29.6 Å². The predicted molar refractivity (Wildman–Crippen MR) is 88.7 cm³/mol. The van der Waals surface area contributed by atoms with Crippen LogP contribution in [0.1, 0.15) is 12.0 Å². The molecule has 1 fully saturated rings. The molecule has 3 rings (SSSR count). The van der Waals surface area contributed by atoms with Gasteiger partial charge >= 0.3 is 10.2 Å². The van der Waals surface area contributed by atoms with E-state index in [1.54, 1.807) is 11.8 Å². The van der Waals surface area contributed by atoms with E-state index >= 15 is 0 Å². The zero-order chi connectivity index (χ0) is 18.2. The molecule has 1 atom stereocenters. The number of nitrogens with zero attached hydrogens (tertiary/aromatic N) is 1. The summed E-state index contributed by atoms with van der Waals surface area (Å²) in [6.45, 7) is 0.369. The van der Waals surface area contributed by atoms with Crippen molar-refractivity contribution < 1.29 is 27.4 Å². The fourth-order valence-electron chi connectivity index (χ4n) is 2.90. The topological polar surface area (TPSA) is 108 Å². The average molecular weight is 371 g/mol. The highest BCUT2D eigenvalue weighted by Gasteiger charge is 2.38. The van der Waals surface area contributed by atoms with Gasteiger partial charge in [0.2, 0.25) is 0 Å². The van der Waals surface area contributed by atoms with Crippen LogP contribution in [0.25, 0.3) is 5.57 Å². The number of carbonyl (C=O) groups is 1. The molecule has 2 aliphatic rings. The number of amides is 1. The van der Waals surface area contributed by atoms with E-state index in [0.29, 0.717) is 29.5 Å². The van der Waals surface area contributed by atoms with Crippen LogP contribution in [0, 0.1) is 5.82 Å². The number of hydrogen-bond donors (Lipinski definition) is 3. The second-order valence-electron chi connectivity index (χ2n) is 5.79. The molecule has 0 saturated carbocycles. The lowest BCUT2D eigenvalue weighted by atomic mass is 10.0. The number of carbonyl (C=O) groups excluding carboxylic acids is 1. The van der Waals surface area contributed by atoms with Crippen molar-refractivity contribution in [1.82, 2.24) is 10.0 Å². The second kappa shape index (κ2) is 6.62. The molecule has 2 aliphatic heterocycles. The summed E-state index contributed by atoms with van der Waals surface area (Å²) in [6, 6.07) is 2.62. The highest BCUT2D eigenvalue weighted by atomic mass is 32.2. The Labute approximate surface area is 144 Å². The maximum Gasteiger partial charge on any atom is 0.326 e. The number of aromatic hydroxyl groups is 1. The SMILES string of the molecule is COCC[C@@H]1C=C(c2ccc(O)c(N3CC(=O)NS3(=O)=O)c2F)CN1. The maximum atomic E-state index is 15.0. The van der Waals surface area contributed by atoms with E-state index in [4.69, 9.17) is 4.74 Å². The fourth-order valence-corrected chi connectivity index (χ4v) is 4.07. The van der Waals surface area contributed by atoms with Crippen LogP contribution in [0.15, 0.2) is 18.2 Å². The minimum Gasteiger partial charge on any atom is -0.506 e. The number of anilines is 1. The average Bonchev–Trinajstić information content (AvgIpc) is 3.09. The van der Waals surface area contributed by atoms with Gasteiger partial charge in [-0.1, -0.05) is 6.08 Å². The van der Waals surface area contributed by atoms with Crippen molar-refractivity contribution in [2.45, 2.75) is 12.5 Å². The van der Waals surface area contributed by atoms with Crippen molar-refractivity contribution in [3.63, 3.8) is 0 Å². The van der Waals surface area contributed by atoms with Gasteiger partial charge < -0.3 is 15.2 Å². The zero-order valence-corrected chi connectivity index (χ0v) is 14.3. The predicted octanol–water partition coefficient (Wildman–Crippen LogP) is 0.104. The minimum atomic E-state index is -4.22. The summed E-state index contributed by atoms with van der Waals surface area (Å²) in [7, 11) is -2.62. The van der Waals surface area contributed by atoms with E-state index in [2.05, 4.69) is 5.32 Å². The summed E-state index contributed by atoms with van der Waals surface area (Å²) in [6.07, 6.45) is 2.56. The first-order chi connectivity index (χ1) is 11.8. The number of halogens is 1. The number of phenols is 1. The second-order valence-corrected chi connectivity index (χ2v) is 7.39. The molecule has 10 heteroatoms. The molecule has 0 radical (unpaired) electrons. The molecule has 25 heavy (non-hydrogen) atoms. The molecule has 1 aromatic carbocycles. The number of rotatable bonds is 5. The third-order valence-corrected chi connectivity index (χ3v) is 5.48. The molecule has 1 amide bonds. The molecule has 0 bridgehead atoms. The molecule has 2 heterocycles. The molecule has 136 valence electrons. The van der Waals surface area contributed by atoms with E-state index < -0.39 is 39.9 Å². The summed E-state index contributed by atoms with van der Waals surface area (Å²) in [4.78, 5) is 11.4. The van der Waals surface area contributed by atoms with E-state index in [0.717, 1.165) is 0 Å². The maximum absolute atomic E-state index is 15.0. The number of methoxy groups -OCH3 is 1. The van der Waals surface area contributed by atoms with Gasteiger partial charge in [0.15, 0.2) is 5.82 Å². The third kappa shape index (κ3) is 3.32. The van der Waals surface area contributed by atoms with Crippen molar-refractivity contribution in [3.8, 4) is 5.75 Å². The Morgan fingerprint density at radius 3 is 2.84 bits per heavy atom. The number of ether oxygens (including phenoxy) is 1. The number of benzene rings is 1. The molecular weight excluding hydrogens is 353 g/mol. The van der Waals surface area contributed by atoms with Crippen LogP contribution in [0.2, 0.25) is 0 Å². The van der Waals surface area contributed by atoms with Crippen LogP contribution in [-0.4, -0.2) is 52.3 Å². The molecule has 0 aromatic heterocycles. The van der Waals surface area contributed by atoms with E-state index in [1.807, 2.05) is 6.08 Å². The van der Waals surface area contributed by atoms with E-state index in [9.17, 15) is 22.7 Å². The van der Waals surface area contributed by atoms with Gasteiger partial charge in [-0.2, -0.15) is 8.42 Å². The smallest absolute Gasteiger partial charge is 0.326 e. The molecule has 3 N–H and O–H groups in total. The Morgan fingerprint density at radius 2 is 2.20 bits per heavy atom. The first kappa shape index (κ1) is 17.6.